The highest BCUT2D eigenvalue weighted by atomic mass is 32.2. The highest BCUT2D eigenvalue weighted by molar-refractivity contribution is 8.01. The molecule has 3 rings (SSSR count). The molecular weight excluding hydrogens is 340 g/mol. The largest absolute Gasteiger partial charge is 0.342 e. The molecule has 2 aliphatic rings. The van der Waals surface area contributed by atoms with E-state index in [1.165, 1.54) is 4.21 Å². The lowest BCUT2D eigenvalue weighted by Crippen LogP contribution is -2.50. The van der Waals surface area contributed by atoms with Crippen molar-refractivity contribution in [3.63, 3.8) is 0 Å². The number of likely N-dealkylation sites (tertiary alicyclic amines) is 2. The number of thiophene rings is 1. The summed E-state index contributed by atoms with van der Waals surface area (Å²) in [6.45, 7) is 7.26. The van der Waals surface area contributed by atoms with Crippen molar-refractivity contribution in [1.29, 1.82) is 0 Å². The van der Waals surface area contributed by atoms with E-state index in [-0.39, 0.29) is 17.2 Å². The molecule has 2 aliphatic heterocycles. The number of thioether (sulfide) groups is 1. The highest BCUT2D eigenvalue weighted by Gasteiger charge is 2.49. The van der Waals surface area contributed by atoms with E-state index in [1.807, 2.05) is 21.9 Å². The van der Waals surface area contributed by atoms with Crippen molar-refractivity contribution in [2.24, 2.45) is 5.41 Å². The quantitative estimate of drug-likeness (QED) is 0.746. The summed E-state index contributed by atoms with van der Waals surface area (Å²) in [6, 6.07) is 3.97. The van der Waals surface area contributed by atoms with Gasteiger partial charge in [0.15, 0.2) is 0 Å². The van der Waals surface area contributed by atoms with Gasteiger partial charge in [0.1, 0.15) is 0 Å². The van der Waals surface area contributed by atoms with Crippen molar-refractivity contribution in [3.05, 3.63) is 17.0 Å². The number of piperidine rings is 1. The summed E-state index contributed by atoms with van der Waals surface area (Å²) in [6.07, 6.45) is 3.80. The second-order valence-corrected chi connectivity index (χ2v) is 9.35. The van der Waals surface area contributed by atoms with Crippen LogP contribution in [-0.2, 0) is 4.79 Å². The van der Waals surface area contributed by atoms with Crippen molar-refractivity contribution < 1.29 is 9.59 Å². The van der Waals surface area contributed by atoms with Crippen molar-refractivity contribution in [3.8, 4) is 0 Å². The van der Waals surface area contributed by atoms with Gasteiger partial charge in [-0.3, -0.25) is 9.59 Å². The zero-order chi connectivity index (χ0) is 17.2. The molecule has 2 saturated heterocycles. The van der Waals surface area contributed by atoms with E-state index in [0.29, 0.717) is 13.1 Å². The fraction of sp³-hybridized carbons (Fsp3) is 0.667. The molecule has 3 heterocycles. The molecule has 1 unspecified atom stereocenters. The van der Waals surface area contributed by atoms with E-state index in [4.69, 9.17) is 0 Å². The van der Waals surface area contributed by atoms with Gasteiger partial charge in [0.05, 0.1) is 14.5 Å². The Morgan fingerprint density at radius 1 is 1.29 bits per heavy atom. The maximum absolute atomic E-state index is 12.9. The summed E-state index contributed by atoms with van der Waals surface area (Å²) >= 11 is 3.34. The molecule has 1 aromatic heterocycles. The fourth-order valence-corrected chi connectivity index (χ4v) is 5.88. The number of rotatable bonds is 5. The van der Waals surface area contributed by atoms with Crippen molar-refractivity contribution in [2.45, 2.75) is 43.7 Å². The van der Waals surface area contributed by atoms with Gasteiger partial charge in [0, 0.05) is 26.2 Å². The molecule has 1 atom stereocenters. The third-order valence-electron chi connectivity index (χ3n) is 5.04. The summed E-state index contributed by atoms with van der Waals surface area (Å²) in [5.74, 6) is 1.39. The van der Waals surface area contributed by atoms with Crippen LogP contribution in [0.15, 0.2) is 16.3 Å². The predicted molar refractivity (Wildman–Crippen MR) is 99.8 cm³/mol. The maximum Gasteiger partial charge on any atom is 0.263 e. The van der Waals surface area contributed by atoms with E-state index < -0.39 is 0 Å². The van der Waals surface area contributed by atoms with E-state index in [1.54, 1.807) is 23.1 Å². The van der Waals surface area contributed by atoms with Gasteiger partial charge < -0.3 is 9.80 Å². The predicted octanol–water partition coefficient (Wildman–Crippen LogP) is 3.72. The van der Waals surface area contributed by atoms with Gasteiger partial charge in [-0.05, 0) is 43.6 Å². The number of amides is 2. The molecule has 2 amide bonds. The Hall–Kier alpha value is -1.01. The smallest absolute Gasteiger partial charge is 0.263 e. The van der Waals surface area contributed by atoms with Gasteiger partial charge in [0.2, 0.25) is 5.91 Å². The monoisotopic (exact) mass is 366 g/mol. The lowest BCUT2D eigenvalue weighted by atomic mass is 9.78. The van der Waals surface area contributed by atoms with E-state index in [0.717, 1.165) is 49.4 Å². The van der Waals surface area contributed by atoms with Gasteiger partial charge in [-0.2, -0.15) is 0 Å². The summed E-state index contributed by atoms with van der Waals surface area (Å²) in [5.41, 5.74) is -0.318. The normalized spacial score (nSPS) is 24.2. The van der Waals surface area contributed by atoms with Crippen LogP contribution in [0, 0.1) is 5.41 Å². The van der Waals surface area contributed by atoms with Crippen LogP contribution in [0.25, 0.3) is 0 Å². The summed E-state index contributed by atoms with van der Waals surface area (Å²) < 4.78 is 1.19. The van der Waals surface area contributed by atoms with Gasteiger partial charge in [-0.15, -0.1) is 23.1 Å². The molecule has 24 heavy (non-hydrogen) atoms. The van der Waals surface area contributed by atoms with Gasteiger partial charge in [-0.1, -0.05) is 13.8 Å². The van der Waals surface area contributed by atoms with Crippen LogP contribution in [0.3, 0.4) is 0 Å². The average Bonchev–Trinajstić information content (AvgIpc) is 3.20. The first-order chi connectivity index (χ1) is 11.6. The van der Waals surface area contributed by atoms with Gasteiger partial charge in [0.25, 0.3) is 5.91 Å². The number of carbonyl (C=O) groups excluding carboxylic acids is 2. The highest BCUT2D eigenvalue weighted by Crippen LogP contribution is 2.41. The van der Waals surface area contributed by atoms with Crippen molar-refractivity contribution >= 4 is 34.9 Å². The minimum atomic E-state index is -0.318. The molecule has 0 aliphatic carbocycles. The Kier molecular flexibility index (Phi) is 5.55. The van der Waals surface area contributed by atoms with Crippen LogP contribution in [0.2, 0.25) is 0 Å². The maximum atomic E-state index is 12.9. The molecule has 4 nitrogen and oxygen atoms in total. The van der Waals surface area contributed by atoms with Crippen LogP contribution in [0.5, 0.6) is 0 Å². The lowest BCUT2D eigenvalue weighted by Gasteiger charge is -2.39. The Morgan fingerprint density at radius 2 is 2.12 bits per heavy atom. The molecule has 0 bridgehead atoms. The summed E-state index contributed by atoms with van der Waals surface area (Å²) in [5, 5.41) is 0. The SMILES string of the molecule is CCCN1CCCC2(CCN(C(=O)c3ccc(SCC)s3)C2)C1=O. The Labute approximate surface area is 152 Å². The second-order valence-electron chi connectivity index (χ2n) is 6.70. The average molecular weight is 367 g/mol. The van der Waals surface area contributed by atoms with Crippen molar-refractivity contribution in [2.75, 3.05) is 31.9 Å². The number of hydrogen-bond donors (Lipinski definition) is 0. The molecule has 6 heteroatoms. The Morgan fingerprint density at radius 3 is 2.88 bits per heavy atom. The minimum Gasteiger partial charge on any atom is -0.342 e. The van der Waals surface area contributed by atoms with Crippen molar-refractivity contribution in [1.82, 2.24) is 9.80 Å². The number of carbonyl (C=O) groups is 2. The van der Waals surface area contributed by atoms with Gasteiger partial charge >= 0.3 is 0 Å². The lowest BCUT2D eigenvalue weighted by molar-refractivity contribution is -0.145. The molecule has 1 aromatic rings. The van der Waals surface area contributed by atoms with Crippen LogP contribution < -0.4 is 0 Å². The molecule has 2 fully saturated rings. The van der Waals surface area contributed by atoms with E-state index >= 15 is 0 Å². The molecule has 0 saturated carbocycles. The number of hydrogen-bond acceptors (Lipinski definition) is 4. The van der Waals surface area contributed by atoms with Crippen LogP contribution in [0.1, 0.15) is 49.2 Å². The Balaban J connectivity index is 1.69. The molecular formula is C18H26N2O2S2. The van der Waals surface area contributed by atoms with Crippen LogP contribution >= 0.6 is 23.1 Å². The van der Waals surface area contributed by atoms with E-state index in [9.17, 15) is 9.59 Å². The minimum absolute atomic E-state index is 0.0974. The number of nitrogens with zero attached hydrogens (tertiary/aromatic N) is 2. The zero-order valence-electron chi connectivity index (χ0n) is 14.5. The first kappa shape index (κ1) is 17.8. The zero-order valence-corrected chi connectivity index (χ0v) is 16.2. The second kappa shape index (κ2) is 7.48. The third-order valence-corrected chi connectivity index (χ3v) is 7.22. The third kappa shape index (κ3) is 3.36. The molecule has 0 N–H and O–H groups in total. The molecule has 0 aromatic carbocycles. The van der Waals surface area contributed by atoms with Gasteiger partial charge in [-0.25, -0.2) is 0 Å². The standard InChI is InChI=1S/C18H26N2O2S2/c1-3-10-19-11-5-8-18(17(19)22)9-12-20(13-18)16(21)14-6-7-15(24-14)23-4-2/h6-7H,3-5,8-13H2,1-2H3. The fourth-order valence-electron chi connectivity index (χ4n) is 3.87. The first-order valence-electron chi connectivity index (χ1n) is 8.91. The molecule has 132 valence electrons. The van der Waals surface area contributed by atoms with E-state index in [2.05, 4.69) is 13.8 Å². The Bertz CT molecular complexity index is 614. The summed E-state index contributed by atoms with van der Waals surface area (Å²) in [4.78, 5) is 30.4. The summed E-state index contributed by atoms with van der Waals surface area (Å²) in [7, 11) is 0. The topological polar surface area (TPSA) is 40.6 Å². The van der Waals surface area contributed by atoms with Crippen LogP contribution in [-0.4, -0.2) is 53.5 Å². The molecule has 0 radical (unpaired) electrons. The molecule has 1 spiro atoms. The van der Waals surface area contributed by atoms with Crippen LogP contribution in [0.4, 0.5) is 0 Å². The first-order valence-corrected chi connectivity index (χ1v) is 10.7.